The fourth-order valence-electron chi connectivity index (χ4n) is 1.01. The summed E-state index contributed by atoms with van der Waals surface area (Å²) in [5.74, 6) is -2.04. The normalized spacial score (nSPS) is 12.5. The van der Waals surface area contributed by atoms with Crippen LogP contribution in [0, 0.1) is 0 Å². The zero-order chi connectivity index (χ0) is 13.6. The first-order valence-electron chi connectivity index (χ1n) is 5.28. The monoisotopic (exact) mass is 246 g/mol. The predicted molar refractivity (Wildman–Crippen MR) is 58.0 cm³/mol. The van der Waals surface area contributed by atoms with Gasteiger partial charge in [-0.05, 0) is 27.7 Å². The standard InChI is InChI=1S/C11H18O6/c1-6-15-9(13)7(2)16-10(14)11(4,5)17-8(3)12/h7H,6H2,1-5H3. The average molecular weight is 246 g/mol. The van der Waals surface area contributed by atoms with Crippen molar-refractivity contribution in [2.75, 3.05) is 6.61 Å². The van der Waals surface area contributed by atoms with Crippen molar-refractivity contribution < 1.29 is 28.6 Å². The molecule has 6 nitrogen and oxygen atoms in total. The molecule has 0 saturated carbocycles. The van der Waals surface area contributed by atoms with E-state index in [2.05, 4.69) is 4.74 Å². The largest absolute Gasteiger partial charge is 0.463 e. The lowest BCUT2D eigenvalue weighted by atomic mass is 10.1. The number of carbonyl (C=O) groups is 3. The SMILES string of the molecule is CCOC(=O)C(C)OC(=O)C(C)(C)OC(C)=O. The molecule has 0 radical (unpaired) electrons. The van der Waals surface area contributed by atoms with Crippen LogP contribution in [0.4, 0.5) is 0 Å². The van der Waals surface area contributed by atoms with Gasteiger partial charge in [0.1, 0.15) is 0 Å². The van der Waals surface area contributed by atoms with E-state index in [4.69, 9.17) is 9.47 Å². The highest BCUT2D eigenvalue weighted by Gasteiger charge is 2.35. The maximum atomic E-state index is 11.6. The van der Waals surface area contributed by atoms with Gasteiger partial charge in [0.05, 0.1) is 6.61 Å². The molecule has 0 aliphatic heterocycles. The number of ether oxygens (including phenoxy) is 3. The van der Waals surface area contributed by atoms with E-state index in [1.165, 1.54) is 27.7 Å². The van der Waals surface area contributed by atoms with Crippen molar-refractivity contribution in [2.45, 2.75) is 46.3 Å². The van der Waals surface area contributed by atoms with Crippen molar-refractivity contribution in [3.8, 4) is 0 Å². The molecule has 0 aromatic rings. The fourth-order valence-corrected chi connectivity index (χ4v) is 1.01. The molecule has 0 amide bonds. The van der Waals surface area contributed by atoms with Gasteiger partial charge in [-0.25, -0.2) is 9.59 Å². The molecule has 0 aromatic carbocycles. The van der Waals surface area contributed by atoms with Gasteiger partial charge in [-0.2, -0.15) is 0 Å². The predicted octanol–water partition coefficient (Wildman–Crippen LogP) is 0.823. The first-order chi connectivity index (χ1) is 7.70. The molecule has 0 fully saturated rings. The van der Waals surface area contributed by atoms with Gasteiger partial charge in [-0.15, -0.1) is 0 Å². The Morgan fingerprint density at radius 3 is 2.18 bits per heavy atom. The van der Waals surface area contributed by atoms with Crippen LogP contribution in [0.15, 0.2) is 0 Å². The van der Waals surface area contributed by atoms with Gasteiger partial charge in [-0.1, -0.05) is 0 Å². The van der Waals surface area contributed by atoms with Crippen molar-refractivity contribution >= 4 is 17.9 Å². The van der Waals surface area contributed by atoms with Gasteiger partial charge in [0.15, 0.2) is 6.10 Å². The molecule has 0 aliphatic rings. The van der Waals surface area contributed by atoms with Crippen LogP contribution < -0.4 is 0 Å². The Labute approximate surface area is 100 Å². The Bertz CT molecular complexity index is 307. The maximum absolute atomic E-state index is 11.6. The van der Waals surface area contributed by atoms with Gasteiger partial charge in [-0.3, -0.25) is 4.79 Å². The van der Waals surface area contributed by atoms with Crippen LogP contribution in [0.1, 0.15) is 34.6 Å². The third-order valence-electron chi connectivity index (χ3n) is 1.79. The summed E-state index contributed by atoms with van der Waals surface area (Å²) in [6.07, 6.45) is -1.03. The highest BCUT2D eigenvalue weighted by atomic mass is 16.6. The van der Waals surface area contributed by atoms with Gasteiger partial charge in [0.2, 0.25) is 5.60 Å². The summed E-state index contributed by atoms with van der Waals surface area (Å²) in [4.78, 5) is 33.6. The topological polar surface area (TPSA) is 78.9 Å². The van der Waals surface area contributed by atoms with Gasteiger partial charge < -0.3 is 14.2 Å². The summed E-state index contributed by atoms with van der Waals surface area (Å²) >= 11 is 0. The molecule has 1 atom stereocenters. The second kappa shape index (κ2) is 6.22. The molecule has 98 valence electrons. The fraction of sp³-hybridized carbons (Fsp3) is 0.727. The highest BCUT2D eigenvalue weighted by molar-refractivity contribution is 5.85. The number of hydrogen-bond donors (Lipinski definition) is 0. The Morgan fingerprint density at radius 2 is 1.76 bits per heavy atom. The zero-order valence-corrected chi connectivity index (χ0v) is 10.7. The van der Waals surface area contributed by atoms with Crippen LogP contribution >= 0.6 is 0 Å². The summed E-state index contributed by atoms with van der Waals surface area (Å²) in [5, 5.41) is 0. The van der Waals surface area contributed by atoms with E-state index in [9.17, 15) is 14.4 Å². The summed E-state index contributed by atoms with van der Waals surface area (Å²) in [5.41, 5.74) is -1.42. The minimum absolute atomic E-state index is 0.202. The first-order valence-corrected chi connectivity index (χ1v) is 5.28. The summed E-state index contributed by atoms with van der Waals surface area (Å²) in [6, 6.07) is 0. The van der Waals surface area contributed by atoms with Crippen LogP contribution in [0.5, 0.6) is 0 Å². The summed E-state index contributed by atoms with van der Waals surface area (Å²) < 4.78 is 14.3. The molecule has 0 aromatic heterocycles. The van der Waals surface area contributed by atoms with E-state index >= 15 is 0 Å². The molecule has 0 N–H and O–H groups in total. The van der Waals surface area contributed by atoms with Crippen LogP contribution in [0.2, 0.25) is 0 Å². The lowest BCUT2D eigenvalue weighted by Gasteiger charge is -2.23. The average Bonchev–Trinajstić information content (AvgIpc) is 2.15. The van der Waals surface area contributed by atoms with Crippen molar-refractivity contribution in [1.29, 1.82) is 0 Å². The number of esters is 3. The molecule has 6 heteroatoms. The van der Waals surface area contributed by atoms with Crippen molar-refractivity contribution in [2.24, 2.45) is 0 Å². The Hall–Kier alpha value is -1.59. The molecule has 0 rings (SSSR count). The van der Waals surface area contributed by atoms with E-state index in [1.807, 2.05) is 0 Å². The Morgan fingerprint density at radius 1 is 1.24 bits per heavy atom. The van der Waals surface area contributed by atoms with E-state index in [0.717, 1.165) is 0 Å². The lowest BCUT2D eigenvalue weighted by Crippen LogP contribution is -2.41. The second-order valence-corrected chi connectivity index (χ2v) is 3.90. The number of carbonyl (C=O) groups excluding carboxylic acids is 3. The summed E-state index contributed by atoms with van der Waals surface area (Å²) in [7, 11) is 0. The third kappa shape index (κ3) is 5.33. The first kappa shape index (κ1) is 15.4. The molecule has 0 bridgehead atoms. The maximum Gasteiger partial charge on any atom is 0.350 e. The van der Waals surface area contributed by atoms with E-state index in [0.29, 0.717) is 0 Å². The zero-order valence-electron chi connectivity index (χ0n) is 10.7. The van der Waals surface area contributed by atoms with Gasteiger partial charge in [0.25, 0.3) is 0 Å². The Kier molecular flexibility index (Phi) is 5.64. The van der Waals surface area contributed by atoms with E-state index < -0.39 is 29.6 Å². The van der Waals surface area contributed by atoms with Crippen molar-refractivity contribution in [3.63, 3.8) is 0 Å². The van der Waals surface area contributed by atoms with Crippen LogP contribution in [-0.4, -0.2) is 36.2 Å². The van der Waals surface area contributed by atoms with Crippen molar-refractivity contribution in [1.82, 2.24) is 0 Å². The molecular weight excluding hydrogens is 228 g/mol. The molecule has 0 aliphatic carbocycles. The minimum Gasteiger partial charge on any atom is -0.463 e. The van der Waals surface area contributed by atoms with Crippen LogP contribution in [0.25, 0.3) is 0 Å². The number of rotatable bonds is 5. The summed E-state index contributed by atoms with van der Waals surface area (Å²) in [6.45, 7) is 7.19. The minimum atomic E-state index is -1.42. The van der Waals surface area contributed by atoms with E-state index in [1.54, 1.807) is 6.92 Å². The van der Waals surface area contributed by atoms with Gasteiger partial charge >= 0.3 is 17.9 Å². The van der Waals surface area contributed by atoms with Gasteiger partial charge in [0, 0.05) is 6.92 Å². The second-order valence-electron chi connectivity index (χ2n) is 3.90. The molecular formula is C11H18O6. The molecule has 0 spiro atoms. The van der Waals surface area contributed by atoms with E-state index in [-0.39, 0.29) is 6.61 Å². The quantitative estimate of drug-likeness (QED) is 0.528. The molecule has 1 unspecified atom stereocenters. The Balaban J connectivity index is 4.43. The van der Waals surface area contributed by atoms with Crippen molar-refractivity contribution in [3.05, 3.63) is 0 Å². The third-order valence-corrected chi connectivity index (χ3v) is 1.79. The molecule has 0 saturated heterocycles. The lowest BCUT2D eigenvalue weighted by molar-refractivity contribution is -0.185. The smallest absolute Gasteiger partial charge is 0.350 e. The van der Waals surface area contributed by atoms with Crippen LogP contribution in [0.3, 0.4) is 0 Å². The molecule has 17 heavy (non-hydrogen) atoms. The number of hydrogen-bond acceptors (Lipinski definition) is 6. The molecule has 0 heterocycles. The highest BCUT2D eigenvalue weighted by Crippen LogP contribution is 2.13. The van der Waals surface area contributed by atoms with Crippen LogP contribution in [-0.2, 0) is 28.6 Å².